The van der Waals surface area contributed by atoms with Crippen LogP contribution in [0.5, 0.6) is 0 Å². The average Bonchev–Trinajstić information content (AvgIpc) is 3.10. The van der Waals surface area contributed by atoms with Crippen LogP contribution < -0.4 is 10.6 Å². The highest BCUT2D eigenvalue weighted by molar-refractivity contribution is 14.1. The predicted molar refractivity (Wildman–Crippen MR) is 125 cm³/mol. The van der Waals surface area contributed by atoms with Crippen LogP contribution in [0, 0.1) is 3.57 Å². The summed E-state index contributed by atoms with van der Waals surface area (Å²) in [4.78, 5) is 12.4. The lowest BCUT2D eigenvalue weighted by Gasteiger charge is -2.10. The van der Waals surface area contributed by atoms with Crippen molar-refractivity contribution >= 4 is 90.6 Å². The van der Waals surface area contributed by atoms with E-state index in [4.69, 9.17) is 39.8 Å². The predicted octanol–water partition coefficient (Wildman–Crippen LogP) is 6.75. The van der Waals surface area contributed by atoms with Crippen LogP contribution >= 0.6 is 73.9 Å². The Morgan fingerprint density at radius 3 is 2.56 bits per heavy atom. The highest BCUT2D eigenvalue weighted by Crippen LogP contribution is 2.29. The summed E-state index contributed by atoms with van der Waals surface area (Å²) in [5, 5.41) is 6.62. The van der Waals surface area contributed by atoms with Gasteiger partial charge in [-0.15, -0.1) is 0 Å². The Balaban J connectivity index is 1.68. The molecule has 3 aromatic rings. The molecule has 27 heavy (non-hydrogen) atoms. The molecule has 0 spiro atoms. The summed E-state index contributed by atoms with van der Waals surface area (Å²) in [6.45, 7) is 0. The number of nitrogens with one attached hydrogen (secondary N) is 2. The van der Waals surface area contributed by atoms with E-state index in [-0.39, 0.29) is 10.9 Å². The molecule has 0 saturated carbocycles. The Morgan fingerprint density at radius 2 is 1.85 bits per heavy atom. The van der Waals surface area contributed by atoms with Crippen molar-refractivity contribution in [3.05, 3.63) is 72.4 Å². The molecule has 9 heteroatoms. The molecule has 2 aromatic carbocycles. The number of furan rings is 1. The van der Waals surface area contributed by atoms with Crippen molar-refractivity contribution in [2.75, 3.05) is 5.32 Å². The maximum absolute atomic E-state index is 12.4. The maximum Gasteiger partial charge on any atom is 0.293 e. The third-order valence-corrected chi connectivity index (χ3v) is 5.77. The zero-order valence-electron chi connectivity index (χ0n) is 13.4. The fourth-order valence-electron chi connectivity index (χ4n) is 2.17. The van der Waals surface area contributed by atoms with Crippen molar-refractivity contribution in [2.24, 2.45) is 0 Å². The zero-order chi connectivity index (χ0) is 19.6. The van der Waals surface area contributed by atoms with E-state index in [0.29, 0.717) is 21.4 Å². The van der Waals surface area contributed by atoms with Crippen molar-refractivity contribution in [3.8, 4) is 11.3 Å². The van der Waals surface area contributed by atoms with Gasteiger partial charge in [0.05, 0.1) is 15.7 Å². The Labute approximate surface area is 192 Å². The number of anilines is 1. The number of amides is 1. The number of hydrogen-bond acceptors (Lipinski definition) is 3. The molecule has 1 aromatic heterocycles. The first-order chi connectivity index (χ1) is 12.8. The topological polar surface area (TPSA) is 54.3 Å². The number of rotatable bonds is 3. The molecule has 4 nitrogen and oxygen atoms in total. The minimum Gasteiger partial charge on any atom is -0.451 e. The normalized spacial score (nSPS) is 10.5. The first-order valence-electron chi connectivity index (χ1n) is 7.46. The van der Waals surface area contributed by atoms with E-state index in [1.54, 1.807) is 30.3 Å². The fraction of sp³-hybridized carbons (Fsp3) is 0. The summed E-state index contributed by atoms with van der Waals surface area (Å²) in [5.41, 5.74) is 1.51. The zero-order valence-corrected chi connectivity index (χ0v) is 19.4. The lowest BCUT2D eigenvalue weighted by molar-refractivity contribution is 0.0951. The van der Waals surface area contributed by atoms with E-state index < -0.39 is 5.91 Å². The molecule has 0 aliphatic heterocycles. The molecule has 1 heterocycles. The Morgan fingerprint density at radius 1 is 1.07 bits per heavy atom. The molecule has 2 N–H and O–H groups in total. The molecule has 0 fully saturated rings. The largest absolute Gasteiger partial charge is 0.451 e. The number of thiocarbonyl (C=S) groups is 1. The minimum absolute atomic E-state index is 0.130. The first kappa shape index (κ1) is 20.6. The van der Waals surface area contributed by atoms with Gasteiger partial charge in [0, 0.05) is 13.6 Å². The van der Waals surface area contributed by atoms with E-state index in [0.717, 1.165) is 13.7 Å². The molecule has 0 aliphatic rings. The number of carbonyl (C=O) groups excluding carboxylic acids is 1. The van der Waals surface area contributed by atoms with Gasteiger partial charge >= 0.3 is 0 Å². The van der Waals surface area contributed by atoms with Crippen LogP contribution in [0.3, 0.4) is 0 Å². The second kappa shape index (κ2) is 8.91. The van der Waals surface area contributed by atoms with Gasteiger partial charge in [0.1, 0.15) is 5.76 Å². The van der Waals surface area contributed by atoms with E-state index in [1.807, 2.05) is 18.2 Å². The van der Waals surface area contributed by atoms with Gasteiger partial charge in [0.25, 0.3) is 5.91 Å². The van der Waals surface area contributed by atoms with E-state index in [1.165, 1.54) is 0 Å². The number of halogens is 4. The minimum atomic E-state index is -0.453. The Bertz CT molecular complexity index is 1040. The standard InChI is InChI=1S/C18H10BrCl2IN2O2S/c19-10-2-4-14(13(22)8-10)23-18(27)24-17(25)16-6-5-15(26-16)9-1-3-11(20)12(21)7-9/h1-8H,(H2,23,24,25,27). The Kier molecular flexibility index (Phi) is 6.80. The van der Waals surface area contributed by atoms with Crippen LogP contribution in [-0.2, 0) is 0 Å². The molecule has 0 unspecified atom stereocenters. The SMILES string of the molecule is O=C(NC(=S)Nc1ccc(Br)cc1I)c1ccc(-c2ccc(Cl)c(Cl)c2)o1. The van der Waals surface area contributed by atoms with Crippen LogP contribution in [0.1, 0.15) is 10.6 Å². The summed E-state index contributed by atoms with van der Waals surface area (Å²) in [7, 11) is 0. The quantitative estimate of drug-likeness (QED) is 0.260. The molecule has 0 atom stereocenters. The van der Waals surface area contributed by atoms with Crippen LogP contribution in [0.15, 0.2) is 57.4 Å². The third kappa shape index (κ3) is 5.23. The molecule has 0 saturated heterocycles. The molecule has 138 valence electrons. The number of carbonyl (C=O) groups is 1. The molecular weight excluding hydrogens is 586 g/mol. The van der Waals surface area contributed by atoms with Gasteiger partial charge in [-0.25, -0.2) is 0 Å². The van der Waals surface area contributed by atoms with E-state index in [9.17, 15) is 4.79 Å². The highest BCUT2D eigenvalue weighted by atomic mass is 127. The van der Waals surface area contributed by atoms with E-state index >= 15 is 0 Å². The van der Waals surface area contributed by atoms with Crippen LogP contribution in [0.25, 0.3) is 11.3 Å². The third-order valence-electron chi connectivity index (χ3n) is 3.44. The summed E-state index contributed by atoms with van der Waals surface area (Å²) in [6, 6.07) is 14.0. The van der Waals surface area contributed by atoms with Crippen LogP contribution in [-0.4, -0.2) is 11.0 Å². The monoisotopic (exact) mass is 594 g/mol. The summed E-state index contributed by atoms with van der Waals surface area (Å²) >= 11 is 22.7. The van der Waals surface area contributed by atoms with Crippen LogP contribution in [0.2, 0.25) is 10.0 Å². The van der Waals surface area contributed by atoms with Crippen molar-refractivity contribution in [3.63, 3.8) is 0 Å². The molecular formula is C18H10BrCl2IN2O2S. The molecule has 3 rings (SSSR count). The van der Waals surface area contributed by atoms with Crippen molar-refractivity contribution in [1.82, 2.24) is 5.32 Å². The second-order valence-corrected chi connectivity index (χ2v) is 8.63. The maximum atomic E-state index is 12.4. The number of hydrogen-bond donors (Lipinski definition) is 2. The Hall–Kier alpha value is -1.13. The van der Waals surface area contributed by atoms with Gasteiger partial charge < -0.3 is 9.73 Å². The van der Waals surface area contributed by atoms with Gasteiger partial charge in [-0.3, -0.25) is 10.1 Å². The van der Waals surface area contributed by atoms with E-state index in [2.05, 4.69) is 49.2 Å². The van der Waals surface area contributed by atoms with Crippen molar-refractivity contribution in [2.45, 2.75) is 0 Å². The van der Waals surface area contributed by atoms with Crippen molar-refractivity contribution < 1.29 is 9.21 Å². The average molecular weight is 596 g/mol. The lowest BCUT2D eigenvalue weighted by Crippen LogP contribution is -2.34. The highest BCUT2D eigenvalue weighted by Gasteiger charge is 2.15. The summed E-state index contributed by atoms with van der Waals surface area (Å²) in [5.74, 6) is 0.178. The fourth-order valence-corrected chi connectivity index (χ4v) is 4.11. The molecule has 0 bridgehead atoms. The number of benzene rings is 2. The van der Waals surface area contributed by atoms with Crippen LogP contribution in [0.4, 0.5) is 5.69 Å². The smallest absolute Gasteiger partial charge is 0.293 e. The van der Waals surface area contributed by atoms with Gasteiger partial charge in [-0.05, 0) is 83.3 Å². The summed E-state index contributed by atoms with van der Waals surface area (Å²) in [6.07, 6.45) is 0. The lowest BCUT2D eigenvalue weighted by atomic mass is 10.2. The first-order valence-corrected chi connectivity index (χ1v) is 10.5. The van der Waals surface area contributed by atoms with Crippen molar-refractivity contribution in [1.29, 1.82) is 0 Å². The van der Waals surface area contributed by atoms with Gasteiger partial charge in [-0.1, -0.05) is 39.1 Å². The van der Waals surface area contributed by atoms with Gasteiger partial charge in [0.15, 0.2) is 10.9 Å². The van der Waals surface area contributed by atoms with Gasteiger partial charge in [-0.2, -0.15) is 0 Å². The van der Waals surface area contributed by atoms with Gasteiger partial charge in [0.2, 0.25) is 0 Å². The molecule has 0 radical (unpaired) electrons. The molecule has 1 amide bonds. The second-order valence-electron chi connectivity index (χ2n) is 5.33. The summed E-state index contributed by atoms with van der Waals surface area (Å²) < 4.78 is 7.52. The molecule has 0 aliphatic carbocycles.